The van der Waals surface area contributed by atoms with Crippen molar-refractivity contribution in [2.75, 3.05) is 0 Å². The van der Waals surface area contributed by atoms with Gasteiger partial charge in [-0.25, -0.2) is 0 Å². The molecule has 0 bridgehead atoms. The van der Waals surface area contributed by atoms with Crippen molar-refractivity contribution in [3.8, 4) is 0 Å². The maximum atomic E-state index is 6.20. The van der Waals surface area contributed by atoms with Gasteiger partial charge in [0.1, 0.15) is 0 Å². The molecule has 130 valence electrons. The van der Waals surface area contributed by atoms with Crippen molar-refractivity contribution in [1.82, 2.24) is 0 Å². The van der Waals surface area contributed by atoms with Crippen LogP contribution < -0.4 is 5.73 Å². The molecule has 6 unspecified atom stereocenters. The smallest absolute Gasteiger partial charge is 0.0102 e. The zero-order valence-electron chi connectivity index (χ0n) is 15.9. The highest BCUT2D eigenvalue weighted by molar-refractivity contribution is 5.30. The third kappa shape index (κ3) is 2.84. The van der Waals surface area contributed by atoms with E-state index in [4.69, 9.17) is 5.73 Å². The zero-order valence-corrected chi connectivity index (χ0v) is 15.9. The molecule has 0 aromatic rings. The summed E-state index contributed by atoms with van der Waals surface area (Å²) < 4.78 is 0. The van der Waals surface area contributed by atoms with Gasteiger partial charge in [-0.15, -0.1) is 0 Å². The summed E-state index contributed by atoms with van der Waals surface area (Å²) in [6.07, 6.45) is 9.43. The van der Waals surface area contributed by atoms with Crippen LogP contribution in [-0.2, 0) is 0 Å². The van der Waals surface area contributed by atoms with E-state index in [1.807, 2.05) is 0 Å². The Morgan fingerprint density at radius 3 is 2.57 bits per heavy atom. The summed E-state index contributed by atoms with van der Waals surface area (Å²) in [7, 11) is 0. The summed E-state index contributed by atoms with van der Waals surface area (Å²) in [5, 5.41) is 0. The van der Waals surface area contributed by atoms with E-state index in [9.17, 15) is 0 Å². The summed E-state index contributed by atoms with van der Waals surface area (Å²) in [6.45, 7) is 16.2. The van der Waals surface area contributed by atoms with E-state index < -0.39 is 0 Å². The summed E-state index contributed by atoms with van der Waals surface area (Å²) in [5.41, 5.74) is 9.88. The van der Waals surface area contributed by atoms with Crippen LogP contribution in [-0.4, -0.2) is 6.04 Å². The Balaban J connectivity index is 1.70. The molecular formula is C22H37N. The summed E-state index contributed by atoms with van der Waals surface area (Å²) in [5.74, 6) is 4.52. The van der Waals surface area contributed by atoms with Gasteiger partial charge in [-0.05, 0) is 73.5 Å². The van der Waals surface area contributed by atoms with Crippen LogP contribution in [0, 0.1) is 40.9 Å². The molecule has 3 aliphatic rings. The fourth-order valence-electron chi connectivity index (χ4n) is 6.27. The van der Waals surface area contributed by atoms with Gasteiger partial charge in [0.15, 0.2) is 0 Å². The van der Waals surface area contributed by atoms with Crippen LogP contribution in [0.3, 0.4) is 0 Å². The van der Waals surface area contributed by atoms with Crippen LogP contribution >= 0.6 is 0 Å². The van der Waals surface area contributed by atoms with Crippen molar-refractivity contribution in [2.24, 2.45) is 46.7 Å². The predicted molar refractivity (Wildman–Crippen MR) is 100 cm³/mol. The average molecular weight is 316 g/mol. The SMILES string of the molecule is C=C(C)[C@@H]1C(C2C/C2=C\C2C(C)C(N)[C@H]2C)CCC1(C)CCC. The highest BCUT2D eigenvalue weighted by Gasteiger charge is 2.52. The Labute approximate surface area is 143 Å². The molecule has 1 heteroatoms. The minimum Gasteiger partial charge on any atom is -0.327 e. The van der Waals surface area contributed by atoms with Gasteiger partial charge >= 0.3 is 0 Å². The minimum absolute atomic E-state index is 0.413. The van der Waals surface area contributed by atoms with Gasteiger partial charge in [0.2, 0.25) is 0 Å². The molecule has 0 saturated heterocycles. The van der Waals surface area contributed by atoms with Gasteiger partial charge in [-0.3, -0.25) is 0 Å². The lowest BCUT2D eigenvalue weighted by atomic mass is 9.62. The fraction of sp³-hybridized carbons (Fsp3) is 0.818. The van der Waals surface area contributed by atoms with Crippen molar-refractivity contribution in [3.05, 3.63) is 23.8 Å². The molecule has 0 heterocycles. The van der Waals surface area contributed by atoms with Crippen LogP contribution in [0.1, 0.15) is 66.7 Å². The van der Waals surface area contributed by atoms with E-state index in [1.165, 1.54) is 37.7 Å². The van der Waals surface area contributed by atoms with E-state index in [1.54, 1.807) is 5.57 Å². The first-order chi connectivity index (χ1) is 10.8. The molecule has 0 radical (unpaired) electrons. The molecule has 0 aromatic heterocycles. The van der Waals surface area contributed by atoms with E-state index in [0.29, 0.717) is 23.3 Å². The fourth-order valence-corrected chi connectivity index (χ4v) is 6.27. The van der Waals surface area contributed by atoms with Crippen LogP contribution in [0.25, 0.3) is 0 Å². The lowest BCUT2D eigenvalue weighted by Gasteiger charge is -2.46. The van der Waals surface area contributed by atoms with Crippen molar-refractivity contribution in [3.63, 3.8) is 0 Å². The number of hydrogen-bond acceptors (Lipinski definition) is 1. The second-order valence-corrected chi connectivity index (χ2v) is 9.36. The van der Waals surface area contributed by atoms with Crippen LogP contribution in [0.15, 0.2) is 23.8 Å². The quantitative estimate of drug-likeness (QED) is 0.659. The van der Waals surface area contributed by atoms with Gasteiger partial charge in [0, 0.05) is 6.04 Å². The van der Waals surface area contributed by atoms with Gasteiger partial charge in [-0.1, -0.05) is 57.9 Å². The van der Waals surface area contributed by atoms with Gasteiger partial charge < -0.3 is 5.73 Å². The van der Waals surface area contributed by atoms with Gasteiger partial charge in [-0.2, -0.15) is 0 Å². The highest BCUT2D eigenvalue weighted by atomic mass is 14.7. The minimum atomic E-state index is 0.413. The Bertz CT molecular complexity index is 494. The second kappa shape index (κ2) is 6.06. The molecule has 3 rings (SSSR count). The van der Waals surface area contributed by atoms with Gasteiger partial charge in [0.05, 0.1) is 0 Å². The monoisotopic (exact) mass is 315 g/mol. The van der Waals surface area contributed by atoms with Crippen LogP contribution in [0.4, 0.5) is 0 Å². The molecule has 8 atom stereocenters. The van der Waals surface area contributed by atoms with E-state index in [0.717, 1.165) is 23.7 Å². The second-order valence-electron chi connectivity index (χ2n) is 9.36. The first kappa shape index (κ1) is 17.3. The predicted octanol–water partition coefficient (Wildman–Crippen LogP) is 5.57. The van der Waals surface area contributed by atoms with Crippen molar-refractivity contribution in [2.45, 2.75) is 72.8 Å². The lowest BCUT2D eigenvalue weighted by Crippen LogP contribution is -2.52. The topological polar surface area (TPSA) is 26.0 Å². The Morgan fingerprint density at radius 2 is 2.00 bits per heavy atom. The molecule has 1 nitrogen and oxygen atoms in total. The van der Waals surface area contributed by atoms with Crippen molar-refractivity contribution in [1.29, 1.82) is 0 Å². The van der Waals surface area contributed by atoms with Gasteiger partial charge in [0.25, 0.3) is 0 Å². The molecule has 2 N–H and O–H groups in total. The zero-order chi connectivity index (χ0) is 16.9. The first-order valence-corrected chi connectivity index (χ1v) is 9.91. The van der Waals surface area contributed by atoms with Crippen LogP contribution in [0.5, 0.6) is 0 Å². The number of allylic oxidation sites excluding steroid dienone is 3. The molecule has 3 saturated carbocycles. The Morgan fingerprint density at radius 1 is 1.35 bits per heavy atom. The Hall–Kier alpha value is -0.560. The largest absolute Gasteiger partial charge is 0.327 e. The summed E-state index contributed by atoms with van der Waals surface area (Å²) in [6, 6.07) is 0.413. The lowest BCUT2D eigenvalue weighted by molar-refractivity contribution is 0.104. The third-order valence-corrected chi connectivity index (χ3v) is 7.70. The molecule has 0 spiro atoms. The van der Waals surface area contributed by atoms with Crippen molar-refractivity contribution >= 4 is 0 Å². The standard InChI is InChI=1S/C22H37N/c1-7-9-22(6)10-8-17(20(22)13(2)3)19-12-16(19)11-18-14(4)21(23)15(18)5/h11,14-15,17-21H,2,7-10,12,23H2,1,3-6H3/b16-11+/t14-,15?,17?,18?,19?,20+,21?,22?/m0/s1. The van der Waals surface area contributed by atoms with E-state index >= 15 is 0 Å². The highest BCUT2D eigenvalue weighted by Crippen LogP contribution is 2.61. The normalized spacial score (nSPS) is 50.9. The Kier molecular flexibility index (Phi) is 4.55. The van der Waals surface area contributed by atoms with Crippen LogP contribution in [0.2, 0.25) is 0 Å². The van der Waals surface area contributed by atoms with Crippen molar-refractivity contribution < 1.29 is 0 Å². The molecule has 23 heavy (non-hydrogen) atoms. The van der Waals surface area contributed by atoms with E-state index in [-0.39, 0.29) is 0 Å². The average Bonchev–Trinajstić information content (AvgIpc) is 3.18. The number of rotatable bonds is 5. The molecule has 3 aliphatic carbocycles. The maximum absolute atomic E-state index is 6.20. The molecule has 0 amide bonds. The number of nitrogens with two attached hydrogens (primary N) is 1. The van der Waals surface area contributed by atoms with E-state index in [2.05, 4.69) is 47.3 Å². The molecule has 3 fully saturated rings. The molecule has 0 aromatic carbocycles. The molecule has 0 aliphatic heterocycles. The summed E-state index contributed by atoms with van der Waals surface area (Å²) in [4.78, 5) is 0. The third-order valence-electron chi connectivity index (χ3n) is 7.70. The number of hydrogen-bond donors (Lipinski definition) is 1. The summed E-state index contributed by atoms with van der Waals surface area (Å²) >= 11 is 0. The first-order valence-electron chi connectivity index (χ1n) is 9.91. The molecular weight excluding hydrogens is 278 g/mol. The maximum Gasteiger partial charge on any atom is 0.0102 e.